The molecule has 8 nitrogen and oxygen atoms in total. The van der Waals surface area contributed by atoms with Crippen LogP contribution in [-0.2, 0) is 23.4 Å². The fourth-order valence-electron chi connectivity index (χ4n) is 13.1. The summed E-state index contributed by atoms with van der Waals surface area (Å²) < 4.78 is 34.4. The van der Waals surface area contributed by atoms with Gasteiger partial charge >= 0.3 is 5.97 Å². The molecule has 48 heavy (non-hydrogen) atoms. The molecule has 5 aliphatic carbocycles. The summed E-state index contributed by atoms with van der Waals surface area (Å²) in [5, 5.41) is 12.7. The Labute approximate surface area is 289 Å². The van der Waals surface area contributed by atoms with Crippen LogP contribution in [0.3, 0.4) is 0 Å². The third-order valence-electron chi connectivity index (χ3n) is 15.7. The smallest absolute Gasteiger partial charge is 0.338 e. The summed E-state index contributed by atoms with van der Waals surface area (Å²) in [5.41, 5.74) is -0.684. The van der Waals surface area contributed by atoms with Crippen LogP contribution >= 0.6 is 0 Å². The molecule has 5 saturated carbocycles. The Kier molecular flexibility index (Phi) is 8.47. The first-order valence-electron chi connectivity index (χ1n) is 18.6. The van der Waals surface area contributed by atoms with E-state index in [-0.39, 0.29) is 69.7 Å². The molecule has 0 amide bonds. The van der Waals surface area contributed by atoms with Gasteiger partial charge in [0.15, 0.2) is 8.32 Å². The molecule has 1 N–H and O–H groups in total. The first-order chi connectivity index (χ1) is 22.7. The van der Waals surface area contributed by atoms with Crippen molar-refractivity contribution in [3.05, 3.63) is 35.9 Å². The van der Waals surface area contributed by atoms with Gasteiger partial charge in [-0.25, -0.2) is 4.79 Å². The molecule has 1 spiro atoms. The Morgan fingerprint density at radius 1 is 1.00 bits per heavy atom. The SMILES string of the molecule is CCN1CC2(CC)C3C(OC)C4C1C3([C@@H](OC)C[C@H]2C)[C@H]1C[C@@]2(O[Si](C)(C)C(C)(C)C)[C@H](OC(=O)c3ccccc3)C1[C@@H]4[C@@H](O)[C@@H]2OC. The summed E-state index contributed by atoms with van der Waals surface area (Å²) in [4.78, 5) is 16.9. The number of carbonyl (C=O) groups is 1. The highest BCUT2D eigenvalue weighted by Gasteiger charge is 2.87. The number of methoxy groups -OCH3 is 3. The van der Waals surface area contributed by atoms with Gasteiger partial charge in [0.1, 0.15) is 17.8 Å². The number of ether oxygens (including phenoxy) is 4. The minimum atomic E-state index is -2.49. The molecule has 0 radical (unpaired) electrons. The highest BCUT2D eigenvalue weighted by atomic mass is 28.4. The molecule has 6 aliphatic rings. The zero-order valence-corrected chi connectivity index (χ0v) is 32.2. The summed E-state index contributed by atoms with van der Waals surface area (Å²) >= 11 is 0. The fourth-order valence-corrected chi connectivity index (χ4v) is 14.7. The molecular formula is C39H61NO7Si. The first kappa shape index (κ1) is 35.1. The van der Waals surface area contributed by atoms with Crippen LogP contribution in [0.2, 0.25) is 18.1 Å². The first-order valence-corrected chi connectivity index (χ1v) is 21.5. The van der Waals surface area contributed by atoms with Crippen LogP contribution in [0.5, 0.6) is 0 Å². The van der Waals surface area contributed by atoms with E-state index in [0.717, 1.165) is 25.9 Å². The zero-order chi connectivity index (χ0) is 34.8. The Hall–Kier alpha value is -1.33. The highest BCUT2D eigenvalue weighted by molar-refractivity contribution is 6.74. The lowest BCUT2D eigenvalue weighted by molar-refractivity contribution is -0.268. The molecule has 7 rings (SSSR count). The quantitative estimate of drug-likeness (QED) is 0.250. The average Bonchev–Trinajstić information content (AvgIpc) is 3.40. The van der Waals surface area contributed by atoms with Gasteiger partial charge in [-0.2, -0.15) is 0 Å². The van der Waals surface area contributed by atoms with Crippen LogP contribution in [0.15, 0.2) is 30.3 Å². The topological polar surface area (TPSA) is 86.7 Å². The standard InChI is InChI=1S/C39H61NO7Si/c1-12-37-21-40(13-2)32-28-27-26-24(39(32,31(37)30(28)44-8)25(43-7)19-22(37)3)20-38(34(45-9)29(27)41,47-48(10,11)36(4,5)6)33(26)46-35(42)23-17-15-14-16-18-23/h14-18,22,24-34,41H,12-13,19-21H2,1-11H3/t22-,24+,25+,26?,27+,28?,29-,30?,31?,32?,33-,34+,37?,38-,39?/m1/s1. The molecule has 6 fully saturated rings. The lowest BCUT2D eigenvalue weighted by Gasteiger charge is -2.70. The van der Waals surface area contributed by atoms with Gasteiger partial charge in [0, 0.05) is 63.0 Å². The van der Waals surface area contributed by atoms with E-state index in [4.69, 9.17) is 23.4 Å². The summed E-state index contributed by atoms with van der Waals surface area (Å²) in [6, 6.07) is 9.50. The fraction of sp³-hybridized carbons (Fsp3) is 0.821. The molecular weight excluding hydrogens is 623 g/mol. The van der Waals surface area contributed by atoms with Crippen molar-refractivity contribution in [3.63, 3.8) is 0 Å². The third-order valence-corrected chi connectivity index (χ3v) is 20.2. The average molecular weight is 684 g/mol. The monoisotopic (exact) mass is 683 g/mol. The number of nitrogens with zero attached hydrogens (tertiary/aromatic N) is 1. The van der Waals surface area contributed by atoms with Crippen LogP contribution in [0.4, 0.5) is 0 Å². The van der Waals surface area contributed by atoms with Gasteiger partial charge in [-0.05, 0) is 73.3 Å². The predicted molar refractivity (Wildman–Crippen MR) is 187 cm³/mol. The van der Waals surface area contributed by atoms with E-state index in [2.05, 4.69) is 59.5 Å². The van der Waals surface area contributed by atoms with E-state index in [1.54, 1.807) is 7.11 Å². The molecule has 0 aromatic heterocycles. The van der Waals surface area contributed by atoms with Gasteiger partial charge in [-0.15, -0.1) is 0 Å². The summed E-state index contributed by atoms with van der Waals surface area (Å²) in [6.45, 7) is 20.4. The summed E-state index contributed by atoms with van der Waals surface area (Å²) in [5.74, 6) is 0.175. The molecule has 1 aliphatic heterocycles. The van der Waals surface area contributed by atoms with Crippen LogP contribution in [0.25, 0.3) is 0 Å². The molecule has 1 saturated heterocycles. The van der Waals surface area contributed by atoms with Gasteiger partial charge in [-0.3, -0.25) is 4.90 Å². The van der Waals surface area contributed by atoms with Crippen molar-refractivity contribution >= 4 is 14.3 Å². The maximum absolute atomic E-state index is 14.2. The Morgan fingerprint density at radius 2 is 1.69 bits per heavy atom. The third kappa shape index (κ3) is 4.18. The van der Waals surface area contributed by atoms with Crippen LogP contribution in [0, 0.1) is 46.3 Å². The number of rotatable bonds is 9. The maximum Gasteiger partial charge on any atom is 0.338 e. The second kappa shape index (κ2) is 11.6. The van der Waals surface area contributed by atoms with Crippen molar-refractivity contribution in [1.82, 2.24) is 4.90 Å². The molecule has 1 aromatic carbocycles. The number of esters is 1. The van der Waals surface area contributed by atoms with E-state index < -0.39 is 32.2 Å². The summed E-state index contributed by atoms with van der Waals surface area (Å²) in [6.07, 6.45) is 0.645. The molecule has 9 heteroatoms. The minimum absolute atomic E-state index is 0.0120. The van der Waals surface area contributed by atoms with Crippen LogP contribution in [-0.4, -0.2) is 101 Å². The van der Waals surface area contributed by atoms with Crippen LogP contribution in [0.1, 0.15) is 71.2 Å². The van der Waals surface area contributed by atoms with Crippen molar-refractivity contribution in [1.29, 1.82) is 0 Å². The van der Waals surface area contributed by atoms with Gasteiger partial charge in [0.05, 0.1) is 23.9 Å². The largest absolute Gasteiger partial charge is 0.455 e. The summed E-state index contributed by atoms with van der Waals surface area (Å²) in [7, 11) is 3.00. The normalized spacial score (nSPS) is 47.7. The second-order valence-electron chi connectivity index (χ2n) is 17.8. The van der Waals surface area contributed by atoms with Crippen molar-refractivity contribution in [2.45, 2.75) is 121 Å². The van der Waals surface area contributed by atoms with E-state index >= 15 is 0 Å². The molecule has 1 aromatic rings. The van der Waals surface area contributed by atoms with E-state index in [1.807, 2.05) is 44.6 Å². The minimum Gasteiger partial charge on any atom is -0.455 e. The highest BCUT2D eigenvalue weighted by Crippen LogP contribution is 2.80. The van der Waals surface area contributed by atoms with Crippen molar-refractivity contribution in [2.75, 3.05) is 34.4 Å². The number of fused-ring (bicyclic) bond motifs is 2. The van der Waals surface area contributed by atoms with Crippen molar-refractivity contribution in [3.8, 4) is 0 Å². The van der Waals surface area contributed by atoms with E-state index in [9.17, 15) is 9.90 Å². The number of benzene rings is 1. The number of aliphatic hydroxyl groups is 1. The van der Waals surface area contributed by atoms with Gasteiger partial charge in [0.2, 0.25) is 0 Å². The Morgan fingerprint density at radius 3 is 2.25 bits per heavy atom. The number of hydrogen-bond donors (Lipinski definition) is 1. The number of piperidine rings is 1. The Bertz CT molecular complexity index is 1390. The number of hydrogen-bond acceptors (Lipinski definition) is 8. The molecule has 15 atom stereocenters. The lowest BCUT2D eigenvalue weighted by Crippen LogP contribution is -2.75. The van der Waals surface area contributed by atoms with Gasteiger partial charge in [0.25, 0.3) is 0 Å². The predicted octanol–water partition coefficient (Wildman–Crippen LogP) is 6.03. The molecule has 268 valence electrons. The van der Waals surface area contributed by atoms with Crippen molar-refractivity contribution < 1.29 is 33.3 Å². The molecule has 1 heterocycles. The number of carbonyl (C=O) groups excluding carboxylic acids is 1. The zero-order valence-electron chi connectivity index (χ0n) is 31.2. The van der Waals surface area contributed by atoms with E-state index in [0.29, 0.717) is 17.9 Å². The number of aliphatic hydroxyl groups excluding tert-OH is 1. The van der Waals surface area contributed by atoms with Gasteiger partial charge in [-0.1, -0.05) is 59.7 Å². The molecule has 7 unspecified atom stereocenters. The molecule has 7 bridgehead atoms. The van der Waals surface area contributed by atoms with Gasteiger partial charge < -0.3 is 28.5 Å². The van der Waals surface area contributed by atoms with Crippen LogP contribution < -0.4 is 0 Å². The van der Waals surface area contributed by atoms with Crippen molar-refractivity contribution in [2.24, 2.45) is 46.3 Å². The maximum atomic E-state index is 14.2. The second-order valence-corrected chi connectivity index (χ2v) is 22.6. The lowest BCUT2D eigenvalue weighted by atomic mass is 9.41. The number of likely N-dealkylation sites (tertiary alicyclic amines) is 1. The van der Waals surface area contributed by atoms with E-state index in [1.165, 1.54) is 0 Å². The Balaban J connectivity index is 1.49.